The maximum absolute atomic E-state index is 14.9. The van der Waals surface area contributed by atoms with Crippen molar-refractivity contribution in [2.24, 2.45) is 21.6 Å². The summed E-state index contributed by atoms with van der Waals surface area (Å²) in [7, 11) is 0. The molecule has 0 unspecified atom stereocenters. The fourth-order valence-electron chi connectivity index (χ4n) is 6.34. The molecule has 1 saturated carbocycles. The predicted octanol–water partition coefficient (Wildman–Crippen LogP) is 6.89. The number of aliphatic imine (C=N–C) groups is 1. The normalized spacial score (nSPS) is 19.3. The molecule has 50 heavy (non-hydrogen) atoms. The van der Waals surface area contributed by atoms with E-state index in [2.05, 4.69) is 20.3 Å². The number of halogens is 5. The number of rotatable bonds is 12. The maximum atomic E-state index is 14.9. The van der Waals surface area contributed by atoms with Crippen molar-refractivity contribution >= 4 is 29.4 Å². The van der Waals surface area contributed by atoms with Gasteiger partial charge in [-0.15, -0.1) is 0 Å². The zero-order valence-electron chi connectivity index (χ0n) is 27.4. The molecule has 1 fully saturated rings. The number of nitrogens with one attached hydrogen (secondary N) is 1. The van der Waals surface area contributed by atoms with Gasteiger partial charge in [0.2, 0.25) is 6.43 Å². The topological polar surface area (TPSA) is 144 Å². The van der Waals surface area contributed by atoms with E-state index in [9.17, 15) is 27.2 Å². The van der Waals surface area contributed by atoms with Gasteiger partial charge in [-0.2, -0.15) is 19.0 Å². The Kier molecular flexibility index (Phi) is 9.22. The first-order chi connectivity index (χ1) is 23.6. The van der Waals surface area contributed by atoms with E-state index in [1.54, 1.807) is 42.5 Å². The van der Waals surface area contributed by atoms with Crippen LogP contribution in [0.25, 0.3) is 22.5 Å². The van der Waals surface area contributed by atoms with Crippen molar-refractivity contribution in [3.05, 3.63) is 77.3 Å². The van der Waals surface area contributed by atoms with Crippen LogP contribution in [0.5, 0.6) is 0 Å². The van der Waals surface area contributed by atoms with Gasteiger partial charge in [0.05, 0.1) is 23.7 Å². The Morgan fingerprint density at radius 3 is 2.40 bits per heavy atom. The number of aromatic nitrogens is 5. The van der Waals surface area contributed by atoms with Crippen LogP contribution in [-0.4, -0.2) is 60.7 Å². The molecule has 6 rings (SSSR count). The lowest BCUT2D eigenvalue weighted by Gasteiger charge is -2.35. The van der Waals surface area contributed by atoms with Crippen LogP contribution in [-0.2, 0) is 19.9 Å². The number of aromatic amines is 1. The van der Waals surface area contributed by atoms with Gasteiger partial charge in [-0.1, -0.05) is 62.7 Å². The molecule has 1 aliphatic carbocycles. The zero-order chi connectivity index (χ0) is 36.0. The number of hydrogen-bond acceptors (Lipinski definition) is 8. The molecular formula is C34H35ClF4N8O3. The first kappa shape index (κ1) is 35.1. The average molecular weight is 715 g/mol. The van der Waals surface area contributed by atoms with E-state index in [4.69, 9.17) is 27.1 Å². The summed E-state index contributed by atoms with van der Waals surface area (Å²) in [6, 6.07) is 10.6. The fourth-order valence-corrected chi connectivity index (χ4v) is 6.54. The number of benzene rings is 2. The highest BCUT2D eigenvalue weighted by Crippen LogP contribution is 2.54. The van der Waals surface area contributed by atoms with E-state index in [1.165, 1.54) is 23.6 Å². The first-order valence-electron chi connectivity index (χ1n) is 15.8. The molecule has 0 bridgehead atoms. The van der Waals surface area contributed by atoms with Crippen LogP contribution in [0.4, 0.5) is 17.6 Å². The van der Waals surface area contributed by atoms with Crippen molar-refractivity contribution in [2.45, 2.75) is 71.0 Å². The van der Waals surface area contributed by atoms with Crippen LogP contribution >= 0.6 is 11.6 Å². The SMILES string of the molecule is CC(C)(C)C[C@]1(c2ccc(-c3cnn(C(F)F)c3)cc2)N=C(N)N([C@H](COC(=O)CC2(C(F)F)CC2)c2ccc(Cl)c(-c3ncn[nH]3)c2)C1=O. The third-order valence-electron chi connectivity index (χ3n) is 9.02. The molecule has 11 nitrogen and oxygen atoms in total. The summed E-state index contributed by atoms with van der Waals surface area (Å²) in [5.41, 5.74) is 5.65. The van der Waals surface area contributed by atoms with Gasteiger partial charge in [-0.3, -0.25) is 19.6 Å². The van der Waals surface area contributed by atoms with Crippen molar-refractivity contribution in [3.63, 3.8) is 0 Å². The molecule has 1 aliphatic heterocycles. The zero-order valence-corrected chi connectivity index (χ0v) is 28.2. The summed E-state index contributed by atoms with van der Waals surface area (Å²) < 4.78 is 59.8. The largest absolute Gasteiger partial charge is 0.463 e. The summed E-state index contributed by atoms with van der Waals surface area (Å²) in [5.74, 6) is -1.14. The van der Waals surface area contributed by atoms with Crippen molar-refractivity contribution < 1.29 is 31.9 Å². The van der Waals surface area contributed by atoms with Crippen molar-refractivity contribution in [2.75, 3.05) is 6.61 Å². The summed E-state index contributed by atoms with van der Waals surface area (Å²) in [4.78, 5) is 38.0. The molecule has 0 radical (unpaired) electrons. The van der Waals surface area contributed by atoms with Crippen LogP contribution in [0.15, 0.2) is 66.2 Å². The predicted molar refractivity (Wildman–Crippen MR) is 176 cm³/mol. The molecule has 2 aromatic heterocycles. The highest BCUT2D eigenvalue weighted by Gasteiger charge is 2.54. The molecule has 2 aromatic carbocycles. The first-order valence-corrected chi connectivity index (χ1v) is 16.2. The van der Waals surface area contributed by atoms with Crippen LogP contribution in [0.2, 0.25) is 5.02 Å². The number of guanidine groups is 1. The number of carbonyl (C=O) groups excluding carboxylic acids is 2. The number of carbonyl (C=O) groups is 2. The lowest BCUT2D eigenvalue weighted by Crippen LogP contribution is -2.47. The van der Waals surface area contributed by atoms with Gasteiger partial charge in [-0.05, 0) is 53.5 Å². The molecule has 0 saturated heterocycles. The second kappa shape index (κ2) is 13.2. The summed E-state index contributed by atoms with van der Waals surface area (Å²) in [5, 5.41) is 10.7. The van der Waals surface area contributed by atoms with Gasteiger partial charge < -0.3 is 10.5 Å². The molecular weight excluding hydrogens is 680 g/mol. The molecule has 3 heterocycles. The minimum absolute atomic E-state index is 0.148. The Bertz CT molecular complexity index is 1910. The summed E-state index contributed by atoms with van der Waals surface area (Å²) in [6.45, 7) is 2.62. The Morgan fingerprint density at radius 1 is 1.10 bits per heavy atom. The van der Waals surface area contributed by atoms with Crippen molar-refractivity contribution in [1.82, 2.24) is 29.9 Å². The second-order valence-corrected chi connectivity index (χ2v) is 14.3. The molecule has 2 atom stereocenters. The quantitative estimate of drug-likeness (QED) is 0.120. The van der Waals surface area contributed by atoms with Gasteiger partial charge in [0.1, 0.15) is 12.9 Å². The smallest absolute Gasteiger partial charge is 0.333 e. The molecule has 1 amide bonds. The van der Waals surface area contributed by atoms with E-state index in [-0.39, 0.29) is 25.2 Å². The number of esters is 1. The summed E-state index contributed by atoms with van der Waals surface area (Å²) >= 11 is 6.50. The Balaban J connectivity index is 1.38. The van der Waals surface area contributed by atoms with Crippen LogP contribution in [0.3, 0.4) is 0 Å². The van der Waals surface area contributed by atoms with E-state index in [1.807, 2.05) is 20.8 Å². The Morgan fingerprint density at radius 2 is 1.82 bits per heavy atom. The number of alkyl halides is 4. The van der Waals surface area contributed by atoms with Crippen molar-refractivity contribution in [1.29, 1.82) is 0 Å². The van der Waals surface area contributed by atoms with Gasteiger partial charge in [0.25, 0.3) is 5.91 Å². The number of H-pyrrole nitrogens is 1. The molecule has 264 valence electrons. The van der Waals surface area contributed by atoms with Gasteiger partial charge in [0, 0.05) is 22.7 Å². The Labute approximate surface area is 289 Å². The third-order valence-corrected chi connectivity index (χ3v) is 9.35. The van der Waals surface area contributed by atoms with E-state index in [0.717, 1.165) is 0 Å². The minimum Gasteiger partial charge on any atom is -0.463 e. The minimum atomic E-state index is -2.80. The highest BCUT2D eigenvalue weighted by atomic mass is 35.5. The van der Waals surface area contributed by atoms with Crippen LogP contribution < -0.4 is 5.73 Å². The van der Waals surface area contributed by atoms with E-state index in [0.29, 0.717) is 43.3 Å². The highest BCUT2D eigenvalue weighted by molar-refractivity contribution is 6.33. The van der Waals surface area contributed by atoms with Crippen LogP contribution in [0, 0.1) is 10.8 Å². The monoisotopic (exact) mass is 714 g/mol. The van der Waals surface area contributed by atoms with Gasteiger partial charge in [-0.25, -0.2) is 23.4 Å². The van der Waals surface area contributed by atoms with E-state index >= 15 is 0 Å². The van der Waals surface area contributed by atoms with E-state index < -0.39 is 60.3 Å². The molecule has 4 aromatic rings. The summed E-state index contributed by atoms with van der Waals surface area (Å²) in [6.07, 6.45) is 1.37. The standard InChI is InChI=1S/C34H35ClF4N8O3/c1-32(2,3)17-34(22-7-4-19(5-8-22)21-14-43-46(15-21)30(38)39)29(49)47(31(40)44-34)25(16-50-26(48)13-33(10-11-33)28(36)37)20-6-9-24(35)23(12-20)27-41-18-42-45-27/h4-9,12,14-15,18,25,28,30H,10-11,13,16-17H2,1-3H3,(H2,40,44)(H,41,42,45)/t25-,34-/m1/s1. The molecule has 2 aliphatic rings. The number of hydrogen-bond donors (Lipinski definition) is 2. The third kappa shape index (κ3) is 6.82. The Hall–Kier alpha value is -4.79. The molecule has 0 spiro atoms. The number of amides is 1. The fraction of sp³-hybridized carbons (Fsp3) is 0.412. The molecule has 16 heteroatoms. The lowest BCUT2D eigenvalue weighted by atomic mass is 9.75. The van der Waals surface area contributed by atoms with Crippen molar-refractivity contribution in [3.8, 4) is 22.5 Å². The van der Waals surface area contributed by atoms with Crippen LogP contribution in [0.1, 0.15) is 70.2 Å². The average Bonchev–Trinajstić information content (AvgIpc) is 3.37. The number of nitrogens with two attached hydrogens (primary N) is 1. The van der Waals surface area contributed by atoms with Gasteiger partial charge >= 0.3 is 12.5 Å². The second-order valence-electron chi connectivity index (χ2n) is 13.9. The number of ether oxygens (including phenoxy) is 1. The maximum Gasteiger partial charge on any atom is 0.333 e. The molecule has 3 N–H and O–H groups in total. The lowest BCUT2D eigenvalue weighted by molar-refractivity contribution is -0.150. The number of nitrogens with zero attached hydrogens (tertiary/aromatic N) is 6. The van der Waals surface area contributed by atoms with Gasteiger partial charge in [0.15, 0.2) is 17.3 Å².